The van der Waals surface area contributed by atoms with Crippen LogP contribution < -0.4 is 10.6 Å². The van der Waals surface area contributed by atoms with E-state index in [9.17, 15) is 13.6 Å². The maximum Gasteiger partial charge on any atom is 0.241 e. The highest BCUT2D eigenvalue weighted by Gasteiger charge is 2.16. The molecule has 0 atom stereocenters. The van der Waals surface area contributed by atoms with E-state index >= 15 is 0 Å². The molecule has 25 heavy (non-hydrogen) atoms. The number of carbonyl (C=O) groups is 1. The van der Waals surface area contributed by atoms with Crippen molar-refractivity contribution in [3.05, 3.63) is 35.4 Å². The SMILES string of the molecule is CCNC(=NCc1cc(F)ccc1F)NCC(=O)N1CCCCC1.I. The third-order valence-electron chi connectivity index (χ3n) is 3.88. The molecule has 2 N–H and O–H groups in total. The second-order valence-corrected chi connectivity index (χ2v) is 5.73. The largest absolute Gasteiger partial charge is 0.357 e. The molecule has 1 heterocycles. The van der Waals surface area contributed by atoms with Gasteiger partial charge in [0.1, 0.15) is 11.6 Å². The van der Waals surface area contributed by atoms with Gasteiger partial charge in [-0.2, -0.15) is 0 Å². The molecule has 5 nitrogen and oxygen atoms in total. The quantitative estimate of drug-likeness (QED) is 0.399. The highest BCUT2D eigenvalue weighted by molar-refractivity contribution is 14.0. The monoisotopic (exact) mass is 466 g/mol. The first-order valence-corrected chi connectivity index (χ1v) is 8.34. The number of carbonyl (C=O) groups excluding carboxylic acids is 1. The van der Waals surface area contributed by atoms with E-state index in [1.807, 2.05) is 11.8 Å². The van der Waals surface area contributed by atoms with Crippen molar-refractivity contribution in [3.8, 4) is 0 Å². The summed E-state index contributed by atoms with van der Waals surface area (Å²) in [6.45, 7) is 4.22. The molecule has 1 aliphatic rings. The lowest BCUT2D eigenvalue weighted by molar-refractivity contribution is -0.130. The number of hydrogen-bond acceptors (Lipinski definition) is 2. The van der Waals surface area contributed by atoms with Gasteiger partial charge in [0.25, 0.3) is 0 Å². The van der Waals surface area contributed by atoms with E-state index in [2.05, 4.69) is 15.6 Å². The van der Waals surface area contributed by atoms with Crippen molar-refractivity contribution in [2.75, 3.05) is 26.2 Å². The van der Waals surface area contributed by atoms with Crippen molar-refractivity contribution < 1.29 is 13.6 Å². The summed E-state index contributed by atoms with van der Waals surface area (Å²) < 4.78 is 26.8. The number of halogens is 3. The van der Waals surface area contributed by atoms with Gasteiger partial charge in [0.2, 0.25) is 5.91 Å². The molecule has 1 aromatic rings. The van der Waals surface area contributed by atoms with E-state index < -0.39 is 11.6 Å². The van der Waals surface area contributed by atoms with Crippen molar-refractivity contribution in [1.29, 1.82) is 0 Å². The van der Waals surface area contributed by atoms with Crippen LogP contribution in [-0.4, -0.2) is 42.9 Å². The average molecular weight is 466 g/mol. The molecule has 0 spiro atoms. The summed E-state index contributed by atoms with van der Waals surface area (Å²) >= 11 is 0. The van der Waals surface area contributed by atoms with Crippen LogP contribution in [0.2, 0.25) is 0 Å². The molecular weight excluding hydrogens is 441 g/mol. The summed E-state index contributed by atoms with van der Waals surface area (Å²) in [4.78, 5) is 18.2. The fourth-order valence-corrected chi connectivity index (χ4v) is 2.58. The highest BCUT2D eigenvalue weighted by Crippen LogP contribution is 2.11. The Morgan fingerprint density at radius 1 is 1.20 bits per heavy atom. The van der Waals surface area contributed by atoms with E-state index in [4.69, 9.17) is 0 Å². The van der Waals surface area contributed by atoms with Gasteiger partial charge < -0.3 is 15.5 Å². The lowest BCUT2D eigenvalue weighted by Crippen LogP contribution is -2.46. The molecule has 0 saturated carbocycles. The minimum Gasteiger partial charge on any atom is -0.357 e. The van der Waals surface area contributed by atoms with Crippen LogP contribution in [0, 0.1) is 11.6 Å². The molecule has 0 radical (unpaired) electrons. The van der Waals surface area contributed by atoms with E-state index in [1.165, 1.54) is 6.42 Å². The molecule has 1 saturated heterocycles. The molecule has 2 rings (SSSR count). The lowest BCUT2D eigenvalue weighted by Gasteiger charge is -2.27. The molecular formula is C17H25F2IN4O. The first kappa shape index (κ1) is 21.6. The van der Waals surface area contributed by atoms with Crippen molar-refractivity contribution in [2.24, 2.45) is 4.99 Å². The minimum atomic E-state index is -0.500. The van der Waals surface area contributed by atoms with Crippen molar-refractivity contribution in [1.82, 2.24) is 15.5 Å². The van der Waals surface area contributed by atoms with Gasteiger partial charge in [-0.15, -0.1) is 24.0 Å². The van der Waals surface area contributed by atoms with Crippen LogP contribution in [0.1, 0.15) is 31.7 Å². The number of amides is 1. The Morgan fingerprint density at radius 3 is 2.60 bits per heavy atom. The van der Waals surface area contributed by atoms with E-state index in [1.54, 1.807) is 0 Å². The Kier molecular flexibility index (Phi) is 9.69. The minimum absolute atomic E-state index is 0. The van der Waals surface area contributed by atoms with Crippen LogP contribution in [0.5, 0.6) is 0 Å². The van der Waals surface area contributed by atoms with Crippen LogP contribution in [0.4, 0.5) is 8.78 Å². The molecule has 0 unspecified atom stereocenters. The zero-order valence-corrected chi connectivity index (χ0v) is 16.7. The number of likely N-dealkylation sites (tertiary alicyclic amines) is 1. The number of guanidine groups is 1. The fourth-order valence-electron chi connectivity index (χ4n) is 2.58. The van der Waals surface area contributed by atoms with Gasteiger partial charge >= 0.3 is 0 Å². The fraction of sp³-hybridized carbons (Fsp3) is 0.529. The van der Waals surface area contributed by atoms with Crippen molar-refractivity contribution in [2.45, 2.75) is 32.7 Å². The number of rotatable bonds is 5. The average Bonchev–Trinajstić information content (AvgIpc) is 2.60. The van der Waals surface area contributed by atoms with E-state index in [-0.39, 0.29) is 48.5 Å². The molecule has 140 valence electrons. The summed E-state index contributed by atoms with van der Waals surface area (Å²) in [6, 6.07) is 3.28. The maximum absolute atomic E-state index is 13.6. The lowest BCUT2D eigenvalue weighted by atomic mass is 10.1. The zero-order chi connectivity index (χ0) is 17.4. The summed E-state index contributed by atoms with van der Waals surface area (Å²) in [5.74, 6) is -0.566. The molecule has 8 heteroatoms. The molecule has 1 amide bonds. The van der Waals surface area contributed by atoms with Gasteiger partial charge in [-0.3, -0.25) is 4.79 Å². The molecule has 1 aromatic carbocycles. The number of nitrogens with zero attached hydrogens (tertiary/aromatic N) is 2. The second-order valence-electron chi connectivity index (χ2n) is 5.73. The van der Waals surface area contributed by atoms with Gasteiger partial charge in [0.05, 0.1) is 13.1 Å². The van der Waals surface area contributed by atoms with Crippen molar-refractivity contribution in [3.63, 3.8) is 0 Å². The number of aliphatic imine (C=N–C) groups is 1. The van der Waals surface area contributed by atoms with E-state index in [0.29, 0.717) is 12.5 Å². The topological polar surface area (TPSA) is 56.7 Å². The number of hydrogen-bond donors (Lipinski definition) is 2. The van der Waals surface area contributed by atoms with Crippen LogP contribution in [-0.2, 0) is 11.3 Å². The maximum atomic E-state index is 13.6. The standard InChI is InChI=1S/C17H24F2N4O.HI/c1-2-20-17(21-11-13-10-14(18)6-7-15(13)19)22-12-16(24)23-8-4-3-5-9-23;/h6-7,10H,2-5,8-9,11-12H2,1H3,(H2,20,21,22);1H. The molecule has 1 fully saturated rings. The van der Waals surface area contributed by atoms with Gasteiger partial charge in [0.15, 0.2) is 5.96 Å². The molecule has 1 aliphatic heterocycles. The molecule has 0 aromatic heterocycles. The molecule has 0 bridgehead atoms. The zero-order valence-electron chi connectivity index (χ0n) is 14.4. The Morgan fingerprint density at radius 2 is 1.92 bits per heavy atom. The predicted molar refractivity (Wildman–Crippen MR) is 105 cm³/mol. The second kappa shape index (κ2) is 11.2. The van der Waals surface area contributed by atoms with Crippen molar-refractivity contribution >= 4 is 35.8 Å². The smallest absolute Gasteiger partial charge is 0.241 e. The van der Waals surface area contributed by atoms with Crippen LogP contribution in [0.15, 0.2) is 23.2 Å². The predicted octanol–water partition coefficient (Wildman–Crippen LogP) is 2.65. The first-order chi connectivity index (χ1) is 11.6. The van der Waals surface area contributed by atoms with Gasteiger partial charge in [-0.1, -0.05) is 0 Å². The summed E-state index contributed by atoms with van der Waals surface area (Å²) in [6.07, 6.45) is 3.25. The van der Waals surface area contributed by atoms with E-state index in [0.717, 1.165) is 44.1 Å². The third kappa shape index (κ3) is 7.13. The van der Waals surface area contributed by atoms with Gasteiger partial charge in [-0.25, -0.2) is 13.8 Å². The van der Waals surface area contributed by atoms with Gasteiger partial charge in [-0.05, 0) is 44.4 Å². The van der Waals surface area contributed by atoms with Crippen LogP contribution >= 0.6 is 24.0 Å². The summed E-state index contributed by atoms with van der Waals surface area (Å²) in [5.41, 5.74) is 0.176. The Labute approximate surface area is 164 Å². The first-order valence-electron chi connectivity index (χ1n) is 8.34. The van der Waals surface area contributed by atoms with Gasteiger partial charge in [0, 0.05) is 25.2 Å². The molecule has 0 aliphatic carbocycles. The number of nitrogens with one attached hydrogen (secondary N) is 2. The summed E-state index contributed by atoms with van der Waals surface area (Å²) in [5, 5.41) is 5.95. The Hall–Kier alpha value is -1.45. The summed E-state index contributed by atoms with van der Waals surface area (Å²) in [7, 11) is 0. The highest BCUT2D eigenvalue weighted by atomic mass is 127. The Bertz CT molecular complexity index is 592. The van der Waals surface area contributed by atoms with Crippen LogP contribution in [0.3, 0.4) is 0 Å². The third-order valence-corrected chi connectivity index (χ3v) is 3.88. The normalized spacial score (nSPS) is 14.7. The number of benzene rings is 1. The number of piperidine rings is 1. The van der Waals surface area contributed by atoms with Crippen LogP contribution in [0.25, 0.3) is 0 Å². The Balaban J connectivity index is 0.00000312.